The Morgan fingerprint density at radius 1 is 1.47 bits per heavy atom. The van der Waals surface area contributed by atoms with E-state index in [1.54, 1.807) is 17.7 Å². The molecule has 0 fully saturated rings. The van der Waals surface area contributed by atoms with Crippen LogP contribution in [0.5, 0.6) is 0 Å². The topological polar surface area (TPSA) is 74.7 Å². The molecule has 0 spiro atoms. The summed E-state index contributed by atoms with van der Waals surface area (Å²) in [6.45, 7) is -0.167. The second kappa shape index (κ2) is 5.82. The zero-order chi connectivity index (χ0) is 13.8. The minimum atomic E-state index is -0.516. The molecule has 98 valence electrons. The first-order chi connectivity index (χ1) is 9.15. The van der Waals surface area contributed by atoms with Crippen LogP contribution in [0.15, 0.2) is 23.4 Å². The summed E-state index contributed by atoms with van der Waals surface area (Å²) in [5.41, 5.74) is 0.864. The first-order valence-electron chi connectivity index (χ1n) is 5.46. The van der Waals surface area contributed by atoms with Gasteiger partial charge in [-0.25, -0.2) is 4.39 Å². The highest BCUT2D eigenvalue weighted by atomic mass is 32.2. The highest BCUT2D eigenvalue weighted by Gasteiger charge is 2.09. The van der Waals surface area contributed by atoms with Gasteiger partial charge in [-0.3, -0.25) is 0 Å². The lowest BCUT2D eigenvalue weighted by molar-refractivity contribution is 0.266. The fraction of sp³-hybridized carbons (Fsp3) is 0.250. The van der Waals surface area contributed by atoms with E-state index < -0.39 is 5.82 Å². The largest absolute Gasteiger partial charge is 0.388 e. The number of hydrogen-bond acceptors (Lipinski definition) is 5. The molecule has 7 heteroatoms. The van der Waals surface area contributed by atoms with Crippen molar-refractivity contribution in [2.75, 3.05) is 0 Å². The molecule has 1 aromatic carbocycles. The standard InChI is InChI=1S/C12H11FN4OS/c1-17-11(6-18)15-16-12(17)19-7-8-2-3-10(13)9(4-8)5-14/h2-4,18H,6-7H2,1H3. The van der Waals surface area contributed by atoms with Crippen LogP contribution in [0.3, 0.4) is 0 Å². The SMILES string of the molecule is Cn1c(CO)nnc1SCc1ccc(F)c(C#N)c1. The van der Waals surface area contributed by atoms with Gasteiger partial charge in [-0.1, -0.05) is 17.8 Å². The van der Waals surface area contributed by atoms with Gasteiger partial charge in [-0.15, -0.1) is 10.2 Å². The number of aliphatic hydroxyl groups excluding tert-OH is 1. The number of thioether (sulfide) groups is 1. The third kappa shape index (κ3) is 2.92. The van der Waals surface area contributed by atoms with Crippen LogP contribution in [-0.2, 0) is 19.4 Å². The molecule has 0 saturated carbocycles. The molecule has 1 heterocycles. The molecular formula is C12H11FN4OS. The Morgan fingerprint density at radius 2 is 2.26 bits per heavy atom. The molecule has 0 aliphatic carbocycles. The average molecular weight is 278 g/mol. The van der Waals surface area contributed by atoms with E-state index in [1.165, 1.54) is 23.9 Å². The molecule has 0 bridgehead atoms. The summed E-state index contributed by atoms with van der Waals surface area (Å²) < 4.78 is 14.9. The molecule has 0 unspecified atom stereocenters. The molecule has 1 N–H and O–H groups in total. The number of aliphatic hydroxyl groups is 1. The van der Waals surface area contributed by atoms with Crippen molar-refractivity contribution in [2.24, 2.45) is 7.05 Å². The van der Waals surface area contributed by atoms with Gasteiger partial charge >= 0.3 is 0 Å². The first kappa shape index (κ1) is 13.5. The minimum Gasteiger partial charge on any atom is -0.388 e. The number of aromatic nitrogens is 3. The minimum absolute atomic E-state index is 0.0344. The molecule has 0 amide bonds. The first-order valence-corrected chi connectivity index (χ1v) is 6.44. The van der Waals surface area contributed by atoms with E-state index in [0.29, 0.717) is 16.7 Å². The Labute approximate surface area is 113 Å². The van der Waals surface area contributed by atoms with E-state index >= 15 is 0 Å². The lowest BCUT2D eigenvalue weighted by Crippen LogP contribution is -1.98. The summed E-state index contributed by atoms with van der Waals surface area (Å²) >= 11 is 1.41. The number of benzene rings is 1. The monoisotopic (exact) mass is 278 g/mol. The Kier molecular flexibility index (Phi) is 4.14. The summed E-state index contributed by atoms with van der Waals surface area (Å²) in [5.74, 6) is 0.517. The molecule has 0 radical (unpaired) electrons. The lowest BCUT2D eigenvalue weighted by Gasteiger charge is -2.03. The van der Waals surface area contributed by atoms with Gasteiger partial charge in [-0.05, 0) is 17.7 Å². The van der Waals surface area contributed by atoms with E-state index in [9.17, 15) is 4.39 Å². The van der Waals surface area contributed by atoms with Gasteiger partial charge in [-0.2, -0.15) is 5.26 Å². The molecule has 0 atom stereocenters. The Bertz CT molecular complexity index is 635. The third-order valence-corrected chi connectivity index (χ3v) is 3.68. The zero-order valence-corrected chi connectivity index (χ0v) is 11.0. The second-order valence-corrected chi connectivity index (χ2v) is 4.77. The Hall–Kier alpha value is -1.91. The lowest BCUT2D eigenvalue weighted by atomic mass is 10.1. The van der Waals surface area contributed by atoms with Crippen molar-refractivity contribution in [3.8, 4) is 6.07 Å². The van der Waals surface area contributed by atoms with Gasteiger partial charge in [0.25, 0.3) is 0 Å². The van der Waals surface area contributed by atoms with Crippen LogP contribution in [-0.4, -0.2) is 19.9 Å². The van der Waals surface area contributed by atoms with E-state index in [0.717, 1.165) is 5.56 Å². The summed E-state index contributed by atoms with van der Waals surface area (Å²) in [5, 5.41) is 26.2. The number of hydrogen-bond donors (Lipinski definition) is 1. The van der Waals surface area contributed by atoms with Crippen LogP contribution in [0.1, 0.15) is 17.0 Å². The predicted octanol–water partition coefficient (Wildman–Crippen LogP) is 1.61. The van der Waals surface area contributed by atoms with Crippen LogP contribution in [0.4, 0.5) is 4.39 Å². The highest BCUT2D eigenvalue weighted by Crippen LogP contribution is 2.22. The number of nitriles is 1. The molecule has 5 nitrogen and oxygen atoms in total. The maximum Gasteiger partial charge on any atom is 0.191 e. The average Bonchev–Trinajstić information content (AvgIpc) is 2.78. The number of nitrogens with zero attached hydrogens (tertiary/aromatic N) is 4. The molecule has 0 saturated heterocycles. The Morgan fingerprint density at radius 3 is 2.89 bits per heavy atom. The normalized spacial score (nSPS) is 10.4. The molecule has 2 aromatic rings. The van der Waals surface area contributed by atoms with Gasteiger partial charge in [0.1, 0.15) is 18.5 Å². The third-order valence-electron chi connectivity index (χ3n) is 2.59. The van der Waals surface area contributed by atoms with Crippen molar-refractivity contribution < 1.29 is 9.50 Å². The predicted molar refractivity (Wildman–Crippen MR) is 67.6 cm³/mol. The van der Waals surface area contributed by atoms with Gasteiger partial charge < -0.3 is 9.67 Å². The van der Waals surface area contributed by atoms with Crippen LogP contribution in [0, 0.1) is 17.1 Å². The fourth-order valence-electron chi connectivity index (χ4n) is 1.50. The highest BCUT2D eigenvalue weighted by molar-refractivity contribution is 7.98. The Balaban J connectivity index is 2.10. The van der Waals surface area contributed by atoms with E-state index in [4.69, 9.17) is 10.4 Å². The van der Waals surface area contributed by atoms with E-state index in [2.05, 4.69) is 10.2 Å². The van der Waals surface area contributed by atoms with Gasteiger partial charge in [0.15, 0.2) is 11.0 Å². The summed E-state index contributed by atoms with van der Waals surface area (Å²) in [7, 11) is 1.76. The second-order valence-electron chi connectivity index (χ2n) is 3.83. The molecule has 1 aromatic heterocycles. The van der Waals surface area contributed by atoms with Crippen molar-refractivity contribution in [3.05, 3.63) is 41.0 Å². The van der Waals surface area contributed by atoms with Crippen molar-refractivity contribution >= 4 is 11.8 Å². The van der Waals surface area contributed by atoms with Gasteiger partial charge in [0.05, 0.1) is 5.56 Å². The van der Waals surface area contributed by atoms with Crippen LogP contribution in [0.25, 0.3) is 0 Å². The van der Waals surface area contributed by atoms with Crippen molar-refractivity contribution in [1.82, 2.24) is 14.8 Å². The van der Waals surface area contributed by atoms with Gasteiger partial charge in [0, 0.05) is 12.8 Å². The maximum atomic E-state index is 13.2. The van der Waals surface area contributed by atoms with Crippen LogP contribution < -0.4 is 0 Å². The van der Waals surface area contributed by atoms with Crippen molar-refractivity contribution in [2.45, 2.75) is 17.5 Å². The van der Waals surface area contributed by atoms with Crippen molar-refractivity contribution in [1.29, 1.82) is 5.26 Å². The van der Waals surface area contributed by atoms with Crippen LogP contribution in [0.2, 0.25) is 0 Å². The zero-order valence-electron chi connectivity index (χ0n) is 10.2. The summed E-state index contributed by atoms with van der Waals surface area (Å²) in [6.07, 6.45) is 0. The van der Waals surface area contributed by atoms with E-state index in [1.807, 2.05) is 6.07 Å². The quantitative estimate of drug-likeness (QED) is 0.860. The van der Waals surface area contributed by atoms with Crippen LogP contribution >= 0.6 is 11.8 Å². The molecule has 0 aliphatic rings. The van der Waals surface area contributed by atoms with Crippen molar-refractivity contribution in [3.63, 3.8) is 0 Å². The number of halogens is 1. The summed E-state index contributed by atoms with van der Waals surface area (Å²) in [4.78, 5) is 0. The molecular weight excluding hydrogens is 267 g/mol. The van der Waals surface area contributed by atoms with E-state index in [-0.39, 0.29) is 12.2 Å². The molecule has 2 rings (SSSR count). The number of rotatable bonds is 4. The smallest absolute Gasteiger partial charge is 0.191 e. The molecule has 19 heavy (non-hydrogen) atoms. The molecule has 0 aliphatic heterocycles. The fourth-order valence-corrected chi connectivity index (χ4v) is 2.38. The van der Waals surface area contributed by atoms with Gasteiger partial charge in [0.2, 0.25) is 0 Å². The summed E-state index contributed by atoms with van der Waals surface area (Å²) in [6, 6.07) is 6.24. The maximum absolute atomic E-state index is 13.2.